The van der Waals surface area contributed by atoms with E-state index in [2.05, 4.69) is 29.7 Å². The van der Waals surface area contributed by atoms with Crippen LogP contribution in [-0.4, -0.2) is 17.9 Å². The average molecular weight is 305 g/mol. The first-order chi connectivity index (χ1) is 10.1. The number of ether oxygens (including phenoxy) is 1. The Morgan fingerprint density at radius 3 is 2.38 bits per heavy atom. The molecule has 1 aromatic rings. The molecule has 0 bridgehead atoms. The molecule has 0 amide bonds. The number of benzene rings is 1. The van der Waals surface area contributed by atoms with Gasteiger partial charge in [-0.05, 0) is 61.2 Å². The van der Waals surface area contributed by atoms with Gasteiger partial charge in [-0.1, -0.05) is 20.3 Å². The molecular formula is C16H23N3OS. The SMILES string of the molecule is COc1ccc(NC(=S)NN=C2[C@@H](C)CCC[C@@H]2C)cc1. The van der Waals surface area contributed by atoms with Crippen LogP contribution in [0.1, 0.15) is 33.1 Å². The van der Waals surface area contributed by atoms with Gasteiger partial charge in [0, 0.05) is 11.4 Å². The zero-order chi connectivity index (χ0) is 15.2. The number of nitrogens with zero attached hydrogens (tertiary/aromatic N) is 1. The van der Waals surface area contributed by atoms with Crippen LogP contribution in [0.4, 0.5) is 5.69 Å². The molecule has 1 saturated carbocycles. The fourth-order valence-corrected chi connectivity index (χ4v) is 2.84. The van der Waals surface area contributed by atoms with Gasteiger partial charge in [-0.25, -0.2) is 0 Å². The molecule has 4 nitrogen and oxygen atoms in total. The van der Waals surface area contributed by atoms with Gasteiger partial charge in [-0.2, -0.15) is 5.10 Å². The Labute approximate surface area is 132 Å². The van der Waals surface area contributed by atoms with Gasteiger partial charge in [0.25, 0.3) is 0 Å². The van der Waals surface area contributed by atoms with Crippen molar-refractivity contribution in [3.05, 3.63) is 24.3 Å². The molecule has 0 spiro atoms. The summed E-state index contributed by atoms with van der Waals surface area (Å²) in [6.07, 6.45) is 3.71. The normalized spacial score (nSPS) is 21.6. The molecule has 0 aliphatic heterocycles. The Hall–Kier alpha value is -1.62. The number of hydrogen-bond acceptors (Lipinski definition) is 3. The van der Waals surface area contributed by atoms with Gasteiger partial charge < -0.3 is 10.1 Å². The Balaban J connectivity index is 1.91. The minimum atomic E-state index is 0.512. The van der Waals surface area contributed by atoms with E-state index >= 15 is 0 Å². The van der Waals surface area contributed by atoms with Crippen LogP contribution < -0.4 is 15.5 Å². The highest BCUT2D eigenvalue weighted by atomic mass is 32.1. The van der Waals surface area contributed by atoms with Crippen molar-refractivity contribution in [1.29, 1.82) is 0 Å². The molecule has 1 aliphatic rings. The minimum Gasteiger partial charge on any atom is -0.497 e. The van der Waals surface area contributed by atoms with Crippen molar-refractivity contribution in [3.63, 3.8) is 0 Å². The highest BCUT2D eigenvalue weighted by Gasteiger charge is 2.22. The van der Waals surface area contributed by atoms with E-state index in [9.17, 15) is 0 Å². The fraction of sp³-hybridized carbons (Fsp3) is 0.500. The molecule has 2 N–H and O–H groups in total. The second-order valence-electron chi connectivity index (χ2n) is 5.56. The molecule has 114 valence electrons. The van der Waals surface area contributed by atoms with Crippen molar-refractivity contribution in [2.75, 3.05) is 12.4 Å². The number of hydrazone groups is 1. The summed E-state index contributed by atoms with van der Waals surface area (Å²) >= 11 is 5.28. The lowest BCUT2D eigenvalue weighted by Crippen LogP contribution is -2.31. The molecule has 0 radical (unpaired) electrons. The predicted molar refractivity (Wildman–Crippen MR) is 92.0 cm³/mol. The Kier molecular flexibility index (Phi) is 5.56. The molecule has 1 aliphatic carbocycles. The van der Waals surface area contributed by atoms with Crippen molar-refractivity contribution >= 4 is 28.7 Å². The van der Waals surface area contributed by atoms with E-state index in [1.54, 1.807) is 7.11 Å². The molecule has 0 saturated heterocycles. The van der Waals surface area contributed by atoms with Crippen LogP contribution in [-0.2, 0) is 0 Å². The lowest BCUT2D eigenvalue weighted by atomic mass is 9.81. The summed E-state index contributed by atoms with van der Waals surface area (Å²) in [7, 11) is 1.65. The number of methoxy groups -OCH3 is 1. The molecule has 0 aromatic heterocycles. The third-order valence-corrected chi connectivity index (χ3v) is 4.11. The van der Waals surface area contributed by atoms with Crippen molar-refractivity contribution in [1.82, 2.24) is 5.43 Å². The molecule has 1 aromatic carbocycles. The van der Waals surface area contributed by atoms with E-state index in [1.165, 1.54) is 25.0 Å². The molecule has 5 heteroatoms. The monoisotopic (exact) mass is 305 g/mol. The number of anilines is 1. The lowest BCUT2D eigenvalue weighted by Gasteiger charge is -2.26. The first kappa shape index (κ1) is 15.8. The third kappa shape index (κ3) is 4.43. The van der Waals surface area contributed by atoms with E-state index in [1.807, 2.05) is 24.3 Å². The van der Waals surface area contributed by atoms with E-state index < -0.39 is 0 Å². The highest BCUT2D eigenvalue weighted by molar-refractivity contribution is 7.80. The maximum Gasteiger partial charge on any atom is 0.191 e. The summed E-state index contributed by atoms with van der Waals surface area (Å²) in [6, 6.07) is 7.63. The first-order valence-electron chi connectivity index (χ1n) is 7.38. The van der Waals surface area contributed by atoms with Crippen molar-refractivity contribution in [3.8, 4) is 5.75 Å². The third-order valence-electron chi connectivity index (χ3n) is 3.92. The van der Waals surface area contributed by atoms with E-state index in [0.717, 1.165) is 11.4 Å². The van der Waals surface area contributed by atoms with Crippen molar-refractivity contribution in [2.24, 2.45) is 16.9 Å². The molecule has 2 rings (SSSR count). The smallest absolute Gasteiger partial charge is 0.191 e. The second-order valence-corrected chi connectivity index (χ2v) is 5.97. The van der Waals surface area contributed by atoms with Crippen molar-refractivity contribution in [2.45, 2.75) is 33.1 Å². The standard InChI is InChI=1S/C16H23N3OS/c1-11-5-4-6-12(2)15(11)18-19-16(21)17-13-7-9-14(20-3)10-8-13/h7-12H,4-6H2,1-3H3,(H2,17,19,21)/t11-,12-/m0/s1. The second kappa shape index (κ2) is 7.41. The van der Waals surface area contributed by atoms with Crippen LogP contribution in [0, 0.1) is 11.8 Å². The summed E-state index contributed by atoms with van der Waals surface area (Å²) in [5.41, 5.74) is 5.10. The summed E-state index contributed by atoms with van der Waals surface area (Å²) in [5.74, 6) is 1.89. The van der Waals surface area contributed by atoms with Gasteiger partial charge in [0.2, 0.25) is 0 Å². The van der Waals surface area contributed by atoms with Gasteiger partial charge in [0.1, 0.15) is 5.75 Å². The van der Waals surface area contributed by atoms with Gasteiger partial charge in [0.05, 0.1) is 7.11 Å². The highest BCUT2D eigenvalue weighted by Crippen LogP contribution is 2.25. The zero-order valence-electron chi connectivity index (χ0n) is 12.8. The van der Waals surface area contributed by atoms with E-state index in [4.69, 9.17) is 17.0 Å². The largest absolute Gasteiger partial charge is 0.497 e. The molecule has 21 heavy (non-hydrogen) atoms. The average Bonchev–Trinajstić information content (AvgIpc) is 2.47. The molecule has 0 heterocycles. The maximum atomic E-state index is 5.28. The fourth-order valence-electron chi connectivity index (χ4n) is 2.68. The van der Waals surface area contributed by atoms with Crippen LogP contribution >= 0.6 is 12.2 Å². The summed E-state index contributed by atoms with van der Waals surface area (Å²) < 4.78 is 5.13. The predicted octanol–water partition coefficient (Wildman–Crippen LogP) is 3.79. The van der Waals surface area contributed by atoms with Gasteiger partial charge in [-0.3, -0.25) is 5.43 Å². The molecule has 2 atom stereocenters. The Bertz CT molecular complexity index is 501. The quantitative estimate of drug-likeness (QED) is 0.659. The summed E-state index contributed by atoms with van der Waals surface area (Å²) in [5, 5.41) is 8.15. The molecular weight excluding hydrogens is 282 g/mol. The van der Waals surface area contributed by atoms with Gasteiger partial charge >= 0.3 is 0 Å². The number of thiocarbonyl (C=S) groups is 1. The van der Waals surface area contributed by atoms with Crippen LogP contribution in [0.15, 0.2) is 29.4 Å². The minimum absolute atomic E-state index is 0.512. The van der Waals surface area contributed by atoms with Crippen LogP contribution in [0.2, 0.25) is 0 Å². The topological polar surface area (TPSA) is 45.6 Å². The maximum absolute atomic E-state index is 5.28. The lowest BCUT2D eigenvalue weighted by molar-refractivity contribution is 0.415. The number of hydrogen-bond donors (Lipinski definition) is 2. The van der Waals surface area contributed by atoms with Gasteiger partial charge in [0.15, 0.2) is 5.11 Å². The summed E-state index contributed by atoms with van der Waals surface area (Å²) in [6.45, 7) is 4.46. The Morgan fingerprint density at radius 2 is 1.81 bits per heavy atom. The molecule has 0 unspecified atom stereocenters. The van der Waals surface area contributed by atoms with Crippen LogP contribution in [0.3, 0.4) is 0 Å². The first-order valence-corrected chi connectivity index (χ1v) is 7.79. The van der Waals surface area contributed by atoms with E-state index in [0.29, 0.717) is 16.9 Å². The molecule has 1 fully saturated rings. The van der Waals surface area contributed by atoms with Gasteiger partial charge in [-0.15, -0.1) is 0 Å². The van der Waals surface area contributed by atoms with Crippen molar-refractivity contribution < 1.29 is 4.74 Å². The Morgan fingerprint density at radius 1 is 1.19 bits per heavy atom. The number of nitrogens with one attached hydrogen (secondary N) is 2. The van der Waals surface area contributed by atoms with Crippen LogP contribution in [0.5, 0.6) is 5.75 Å². The van der Waals surface area contributed by atoms with Crippen LogP contribution in [0.25, 0.3) is 0 Å². The number of rotatable bonds is 3. The zero-order valence-corrected chi connectivity index (χ0v) is 13.7. The summed E-state index contributed by atoms with van der Waals surface area (Å²) in [4.78, 5) is 0. The van der Waals surface area contributed by atoms with E-state index in [-0.39, 0.29) is 0 Å².